The molecule has 0 N–H and O–H groups in total. The van der Waals surface area contributed by atoms with E-state index in [1.54, 1.807) is 0 Å². The monoisotopic (exact) mass is 396 g/mol. The van der Waals surface area contributed by atoms with Gasteiger partial charge in [-0.15, -0.1) is 10.1 Å². The summed E-state index contributed by atoms with van der Waals surface area (Å²) in [5, 5.41) is 9.15. The van der Waals surface area contributed by atoms with Crippen molar-refractivity contribution < 1.29 is 24.2 Å². The van der Waals surface area contributed by atoms with Crippen LogP contribution in [0.3, 0.4) is 0 Å². The number of hydrogen-bond acceptors (Lipinski definition) is 9. The van der Waals surface area contributed by atoms with Crippen molar-refractivity contribution in [3.05, 3.63) is 10.1 Å². The molecule has 1 fully saturated rings. The van der Waals surface area contributed by atoms with Crippen LogP contribution in [0.2, 0.25) is 0 Å². The van der Waals surface area contributed by atoms with Crippen LogP contribution in [0.15, 0.2) is 0 Å². The molecule has 0 aromatic rings. The van der Waals surface area contributed by atoms with Gasteiger partial charge in [0.2, 0.25) is 0 Å². The highest BCUT2D eigenvalue weighted by atomic mass is 33.1. The molecule has 0 spiro atoms. The lowest BCUT2D eigenvalue weighted by Gasteiger charge is -2.52. The second-order valence-corrected chi connectivity index (χ2v) is 9.83. The average molecular weight is 397 g/mol. The van der Waals surface area contributed by atoms with E-state index in [4.69, 9.17) is 9.47 Å². The normalized spacial score (nSPS) is 20.0. The smallest absolute Gasteiger partial charge is 0.433 e. The Hall–Kier alpha value is -0.870. The number of rotatable bonds is 9. The summed E-state index contributed by atoms with van der Waals surface area (Å²) in [4.78, 5) is 28.3. The van der Waals surface area contributed by atoms with Gasteiger partial charge >= 0.3 is 6.16 Å². The molecule has 0 saturated carbocycles. The summed E-state index contributed by atoms with van der Waals surface area (Å²) in [6, 6.07) is 0. The predicted octanol–water partition coefficient (Wildman–Crippen LogP) is 3.38. The van der Waals surface area contributed by atoms with Crippen LogP contribution in [0.4, 0.5) is 4.79 Å². The number of hydrogen-bond donors (Lipinski definition) is 0. The van der Waals surface area contributed by atoms with Gasteiger partial charge in [-0.1, -0.05) is 21.6 Å². The van der Waals surface area contributed by atoms with Crippen LogP contribution in [0.1, 0.15) is 40.5 Å². The zero-order valence-corrected chi connectivity index (χ0v) is 17.1. The van der Waals surface area contributed by atoms with Gasteiger partial charge in [-0.3, -0.25) is 4.90 Å². The van der Waals surface area contributed by atoms with Gasteiger partial charge in [0.05, 0.1) is 0 Å². The molecule has 0 aliphatic carbocycles. The molecule has 10 heteroatoms. The number of ether oxygens (including phenoxy) is 2. The fraction of sp³-hybridized carbons (Fsp3) is 0.933. The Labute approximate surface area is 156 Å². The fourth-order valence-corrected chi connectivity index (χ4v) is 4.60. The van der Waals surface area contributed by atoms with E-state index >= 15 is 0 Å². The van der Waals surface area contributed by atoms with Gasteiger partial charge in [-0.2, -0.15) is 0 Å². The van der Waals surface area contributed by atoms with Crippen LogP contribution in [0, 0.1) is 10.1 Å². The Morgan fingerprint density at radius 3 is 2.20 bits per heavy atom. The minimum atomic E-state index is -0.810. The third-order valence-corrected chi connectivity index (χ3v) is 6.70. The van der Waals surface area contributed by atoms with Crippen LogP contribution < -0.4 is 0 Å². The molecular formula is C15H28N2O6S2. The van der Waals surface area contributed by atoms with Crippen molar-refractivity contribution in [1.82, 2.24) is 4.90 Å². The summed E-state index contributed by atoms with van der Waals surface area (Å²) in [7, 11) is 5.00. The van der Waals surface area contributed by atoms with E-state index in [9.17, 15) is 14.9 Å². The molecule has 0 aromatic carbocycles. The second-order valence-electron chi connectivity index (χ2n) is 7.13. The molecule has 8 nitrogen and oxygen atoms in total. The van der Waals surface area contributed by atoms with Gasteiger partial charge in [0, 0.05) is 35.4 Å². The van der Waals surface area contributed by atoms with Gasteiger partial charge in [0.15, 0.2) is 0 Å². The van der Waals surface area contributed by atoms with Crippen molar-refractivity contribution in [3.63, 3.8) is 0 Å². The van der Waals surface area contributed by atoms with Crippen LogP contribution >= 0.6 is 21.6 Å². The lowest BCUT2D eigenvalue weighted by molar-refractivity contribution is -0.756. The third-order valence-electron chi connectivity index (χ3n) is 4.37. The first-order valence-corrected chi connectivity index (χ1v) is 10.6. The first kappa shape index (κ1) is 22.2. The molecule has 1 rings (SSSR count). The number of piperidine rings is 1. The van der Waals surface area contributed by atoms with Gasteiger partial charge in [0.25, 0.3) is 5.09 Å². The zero-order valence-electron chi connectivity index (χ0n) is 15.5. The molecule has 1 saturated heterocycles. The number of likely N-dealkylation sites (tertiary alicyclic amines) is 1. The molecule has 1 heterocycles. The maximum Gasteiger partial charge on any atom is 0.508 e. The first-order valence-electron chi connectivity index (χ1n) is 8.14. The summed E-state index contributed by atoms with van der Waals surface area (Å²) < 4.78 is 10.6. The highest BCUT2D eigenvalue weighted by Crippen LogP contribution is 2.38. The van der Waals surface area contributed by atoms with Crippen LogP contribution in [0.5, 0.6) is 0 Å². The Balaban J connectivity index is 2.19. The maximum atomic E-state index is 11.9. The Bertz CT molecular complexity index is 443. The largest absolute Gasteiger partial charge is 0.508 e. The van der Waals surface area contributed by atoms with Crippen LogP contribution in [-0.2, 0) is 14.3 Å². The lowest BCUT2D eigenvalue weighted by atomic mass is 9.79. The van der Waals surface area contributed by atoms with Crippen LogP contribution in [-0.4, -0.2) is 65.1 Å². The number of nitrogens with zero attached hydrogens (tertiary/aromatic N) is 2. The van der Waals surface area contributed by atoms with Gasteiger partial charge in [-0.25, -0.2) is 4.79 Å². The van der Waals surface area contributed by atoms with E-state index in [0.29, 0.717) is 11.5 Å². The van der Waals surface area contributed by atoms with Crippen molar-refractivity contribution in [1.29, 1.82) is 0 Å². The lowest BCUT2D eigenvalue weighted by Crippen LogP contribution is -2.60. The average Bonchev–Trinajstić information content (AvgIpc) is 2.46. The molecule has 0 amide bonds. The van der Waals surface area contributed by atoms with Crippen LogP contribution in [0.25, 0.3) is 0 Å². The van der Waals surface area contributed by atoms with E-state index in [-0.39, 0.29) is 30.4 Å². The van der Waals surface area contributed by atoms with Crippen molar-refractivity contribution in [2.75, 3.05) is 31.8 Å². The highest BCUT2D eigenvalue weighted by Gasteiger charge is 2.44. The maximum absolute atomic E-state index is 11.9. The Morgan fingerprint density at radius 2 is 1.68 bits per heavy atom. The first-order chi connectivity index (χ1) is 11.5. The second kappa shape index (κ2) is 9.72. The van der Waals surface area contributed by atoms with Crippen molar-refractivity contribution >= 4 is 27.7 Å². The van der Waals surface area contributed by atoms with Gasteiger partial charge in [0.1, 0.15) is 19.3 Å². The topological polar surface area (TPSA) is 91.1 Å². The van der Waals surface area contributed by atoms with E-state index in [2.05, 4.69) is 44.5 Å². The minimum Gasteiger partial charge on any atom is -0.433 e. The van der Waals surface area contributed by atoms with Gasteiger partial charge in [-0.05, 0) is 34.7 Å². The van der Waals surface area contributed by atoms with E-state index in [0.717, 1.165) is 12.8 Å². The molecule has 1 aliphatic heterocycles. The predicted molar refractivity (Wildman–Crippen MR) is 99.2 cm³/mol. The minimum absolute atomic E-state index is 0.0506. The summed E-state index contributed by atoms with van der Waals surface area (Å²) in [5.41, 5.74) is -0.101. The SMILES string of the molecule is CN1C(C)(C)CC(OC(=O)OCCSSCCO[N+](=O)[O-])CC1(C)C. The van der Waals surface area contributed by atoms with E-state index < -0.39 is 11.2 Å². The molecule has 1 aliphatic rings. The Kier molecular flexibility index (Phi) is 8.62. The Morgan fingerprint density at radius 1 is 1.16 bits per heavy atom. The molecule has 25 heavy (non-hydrogen) atoms. The van der Waals surface area contributed by atoms with Crippen molar-refractivity contribution in [2.24, 2.45) is 0 Å². The standard InChI is InChI=1S/C15H28N2O6S2/c1-14(2)10-12(11-15(3,4)16(14)5)23-13(18)21-6-8-24-25-9-7-22-17(19)20/h12H,6-11H2,1-5H3. The molecule has 0 aromatic heterocycles. The van der Waals surface area contributed by atoms with E-state index in [1.165, 1.54) is 21.6 Å². The fourth-order valence-electron chi connectivity index (χ4n) is 2.96. The quantitative estimate of drug-likeness (QED) is 0.191. The molecule has 0 bridgehead atoms. The summed E-state index contributed by atoms with van der Waals surface area (Å²) in [6.07, 6.45) is 0.741. The summed E-state index contributed by atoms with van der Waals surface area (Å²) in [6.45, 7) is 8.87. The molecule has 146 valence electrons. The zero-order chi connectivity index (χ0) is 19.1. The molecular weight excluding hydrogens is 368 g/mol. The molecule has 0 atom stereocenters. The molecule has 0 radical (unpaired) electrons. The van der Waals surface area contributed by atoms with Gasteiger partial charge < -0.3 is 14.3 Å². The highest BCUT2D eigenvalue weighted by molar-refractivity contribution is 8.76. The summed E-state index contributed by atoms with van der Waals surface area (Å²) in [5.74, 6) is 1.08. The number of carbonyl (C=O) groups excluding carboxylic acids is 1. The van der Waals surface area contributed by atoms with E-state index in [1.807, 2.05) is 0 Å². The molecule has 0 unspecified atom stereocenters. The number of carbonyl (C=O) groups is 1. The summed E-state index contributed by atoms with van der Waals surface area (Å²) >= 11 is 0. The van der Waals surface area contributed by atoms with Crippen molar-refractivity contribution in [3.8, 4) is 0 Å². The third kappa shape index (κ3) is 7.91. The van der Waals surface area contributed by atoms with Crippen molar-refractivity contribution in [2.45, 2.75) is 57.7 Å².